The summed E-state index contributed by atoms with van der Waals surface area (Å²) in [7, 11) is 0. The van der Waals surface area contributed by atoms with E-state index in [0.717, 1.165) is 51.3 Å². The average molecular weight is 402 g/mol. The van der Waals surface area contributed by atoms with E-state index in [0.29, 0.717) is 6.54 Å². The van der Waals surface area contributed by atoms with Crippen molar-refractivity contribution in [1.29, 1.82) is 0 Å². The number of urea groups is 1. The van der Waals surface area contributed by atoms with Crippen molar-refractivity contribution in [1.82, 2.24) is 15.5 Å². The number of likely N-dealkylation sites (N-methyl/N-ethyl adjacent to an activating group) is 1. The molecule has 1 aromatic rings. The number of amides is 3. The van der Waals surface area contributed by atoms with Crippen LogP contribution in [0.4, 0.5) is 16.2 Å². The first-order valence-electron chi connectivity index (χ1n) is 11.1. The predicted octanol–water partition coefficient (Wildman–Crippen LogP) is 2.79. The second-order valence-corrected chi connectivity index (χ2v) is 8.00. The highest BCUT2D eigenvalue weighted by Crippen LogP contribution is 2.20. The predicted molar refractivity (Wildman–Crippen MR) is 117 cm³/mol. The van der Waals surface area contributed by atoms with Crippen molar-refractivity contribution in [3.63, 3.8) is 0 Å². The molecule has 29 heavy (non-hydrogen) atoms. The third-order valence-corrected chi connectivity index (χ3v) is 5.91. The Morgan fingerprint density at radius 3 is 2.34 bits per heavy atom. The quantitative estimate of drug-likeness (QED) is 0.657. The first-order chi connectivity index (χ1) is 14.1. The molecule has 0 spiro atoms. The molecule has 7 heteroatoms. The minimum Gasteiger partial charge on any atom is -0.369 e. The van der Waals surface area contributed by atoms with Crippen LogP contribution >= 0.6 is 0 Å². The number of nitrogens with zero attached hydrogens (tertiary/aromatic N) is 2. The van der Waals surface area contributed by atoms with E-state index < -0.39 is 0 Å². The summed E-state index contributed by atoms with van der Waals surface area (Å²) in [6.07, 6.45) is 5.99. The van der Waals surface area contributed by atoms with Crippen LogP contribution in [0.1, 0.15) is 45.4 Å². The second kappa shape index (κ2) is 11.0. The van der Waals surface area contributed by atoms with Gasteiger partial charge in [-0.25, -0.2) is 4.79 Å². The molecule has 1 saturated heterocycles. The van der Waals surface area contributed by atoms with Crippen molar-refractivity contribution in [2.75, 3.05) is 49.5 Å². The van der Waals surface area contributed by atoms with Crippen molar-refractivity contribution in [3.8, 4) is 0 Å². The van der Waals surface area contributed by atoms with E-state index in [4.69, 9.17) is 0 Å². The highest BCUT2D eigenvalue weighted by molar-refractivity contribution is 5.91. The Bertz CT molecular complexity index is 650. The SMILES string of the molecule is CCN1CCN(c2ccc(NC(=O)CCNC(=O)NC3CCCCC3)cc2)CC1. The zero-order valence-corrected chi connectivity index (χ0v) is 17.6. The molecular weight excluding hydrogens is 366 g/mol. The number of carbonyl (C=O) groups is 2. The standard InChI is InChI=1S/C22H35N5O2/c1-2-26-14-16-27(17-15-26)20-10-8-19(9-11-20)24-21(28)12-13-23-22(29)25-18-6-4-3-5-7-18/h8-11,18H,2-7,12-17H2,1H3,(H,24,28)(H2,23,25,29). The van der Waals surface area contributed by atoms with Gasteiger partial charge >= 0.3 is 6.03 Å². The molecule has 0 radical (unpaired) electrons. The number of hydrogen-bond donors (Lipinski definition) is 3. The summed E-state index contributed by atoms with van der Waals surface area (Å²) in [6.45, 7) is 7.90. The van der Waals surface area contributed by atoms with Gasteiger partial charge in [-0.05, 0) is 43.7 Å². The van der Waals surface area contributed by atoms with Gasteiger partial charge in [0.1, 0.15) is 0 Å². The largest absolute Gasteiger partial charge is 0.369 e. The van der Waals surface area contributed by atoms with Gasteiger partial charge in [-0.2, -0.15) is 0 Å². The van der Waals surface area contributed by atoms with E-state index in [1.807, 2.05) is 12.1 Å². The summed E-state index contributed by atoms with van der Waals surface area (Å²) in [6, 6.07) is 8.13. The lowest BCUT2D eigenvalue weighted by molar-refractivity contribution is -0.116. The Morgan fingerprint density at radius 1 is 1.00 bits per heavy atom. The molecular formula is C22H35N5O2. The highest BCUT2D eigenvalue weighted by atomic mass is 16.2. The minimum absolute atomic E-state index is 0.0905. The molecule has 1 heterocycles. The minimum atomic E-state index is -0.169. The monoisotopic (exact) mass is 401 g/mol. The van der Waals surface area contributed by atoms with Gasteiger partial charge in [0.15, 0.2) is 0 Å². The van der Waals surface area contributed by atoms with Gasteiger partial charge < -0.3 is 25.8 Å². The zero-order chi connectivity index (χ0) is 20.5. The summed E-state index contributed by atoms with van der Waals surface area (Å²) in [5, 5.41) is 8.69. The molecule has 2 aliphatic rings. The summed E-state index contributed by atoms with van der Waals surface area (Å²) in [5.41, 5.74) is 1.98. The summed E-state index contributed by atoms with van der Waals surface area (Å²) in [4.78, 5) is 28.9. The molecule has 1 saturated carbocycles. The zero-order valence-electron chi connectivity index (χ0n) is 17.6. The van der Waals surface area contributed by atoms with Gasteiger partial charge in [0.05, 0.1) is 0 Å². The molecule has 2 fully saturated rings. The number of carbonyl (C=O) groups excluding carboxylic acids is 2. The van der Waals surface area contributed by atoms with Crippen LogP contribution in [0.2, 0.25) is 0 Å². The molecule has 1 aliphatic heterocycles. The number of benzene rings is 1. The van der Waals surface area contributed by atoms with Gasteiger partial charge in [0.2, 0.25) is 5.91 Å². The van der Waals surface area contributed by atoms with Gasteiger partial charge in [-0.1, -0.05) is 26.2 Å². The molecule has 7 nitrogen and oxygen atoms in total. The molecule has 0 unspecified atom stereocenters. The molecule has 1 aromatic carbocycles. The van der Waals surface area contributed by atoms with Crippen molar-refractivity contribution in [2.45, 2.75) is 51.5 Å². The molecule has 3 amide bonds. The fourth-order valence-electron chi connectivity index (χ4n) is 4.07. The lowest BCUT2D eigenvalue weighted by atomic mass is 9.96. The fourth-order valence-corrected chi connectivity index (χ4v) is 4.07. The number of anilines is 2. The number of piperazine rings is 1. The van der Waals surface area contributed by atoms with E-state index >= 15 is 0 Å². The Labute approximate surface area is 174 Å². The van der Waals surface area contributed by atoms with Crippen LogP contribution in [0, 0.1) is 0 Å². The maximum atomic E-state index is 12.1. The van der Waals surface area contributed by atoms with Crippen molar-refractivity contribution in [2.24, 2.45) is 0 Å². The molecule has 160 valence electrons. The molecule has 3 N–H and O–H groups in total. The second-order valence-electron chi connectivity index (χ2n) is 8.00. The van der Waals surface area contributed by atoms with Crippen molar-refractivity contribution >= 4 is 23.3 Å². The Morgan fingerprint density at radius 2 is 1.69 bits per heavy atom. The Kier molecular flexibility index (Phi) is 8.16. The Hall–Kier alpha value is -2.28. The first kappa shape index (κ1) is 21.4. The van der Waals surface area contributed by atoms with E-state index in [2.05, 4.69) is 44.8 Å². The van der Waals surface area contributed by atoms with E-state index in [1.54, 1.807) is 0 Å². The van der Waals surface area contributed by atoms with E-state index in [9.17, 15) is 9.59 Å². The topological polar surface area (TPSA) is 76.7 Å². The molecule has 3 rings (SSSR count). The first-order valence-corrected chi connectivity index (χ1v) is 11.1. The van der Waals surface area contributed by atoms with Crippen LogP contribution in [-0.4, -0.2) is 62.1 Å². The molecule has 1 aliphatic carbocycles. The third-order valence-electron chi connectivity index (χ3n) is 5.91. The normalized spacial score (nSPS) is 18.3. The smallest absolute Gasteiger partial charge is 0.315 e. The van der Waals surface area contributed by atoms with E-state index in [1.165, 1.54) is 24.9 Å². The maximum absolute atomic E-state index is 12.1. The lowest BCUT2D eigenvalue weighted by Gasteiger charge is -2.35. The Balaban J connectivity index is 1.34. The van der Waals surface area contributed by atoms with E-state index in [-0.39, 0.29) is 24.4 Å². The maximum Gasteiger partial charge on any atom is 0.315 e. The van der Waals surface area contributed by atoms with Crippen LogP contribution in [-0.2, 0) is 4.79 Å². The summed E-state index contributed by atoms with van der Waals surface area (Å²) < 4.78 is 0. The summed E-state index contributed by atoms with van der Waals surface area (Å²) in [5.74, 6) is -0.0905. The van der Waals surface area contributed by atoms with Gasteiger partial charge in [-0.3, -0.25) is 4.79 Å². The fraction of sp³-hybridized carbons (Fsp3) is 0.636. The van der Waals surface area contributed by atoms with Crippen LogP contribution in [0.25, 0.3) is 0 Å². The van der Waals surface area contributed by atoms with Crippen molar-refractivity contribution < 1.29 is 9.59 Å². The molecule has 0 aromatic heterocycles. The summed E-state index contributed by atoms with van der Waals surface area (Å²) >= 11 is 0. The average Bonchev–Trinajstić information content (AvgIpc) is 2.75. The number of nitrogens with one attached hydrogen (secondary N) is 3. The van der Waals surface area contributed by atoms with Crippen LogP contribution in [0.3, 0.4) is 0 Å². The highest BCUT2D eigenvalue weighted by Gasteiger charge is 2.16. The molecule has 0 bridgehead atoms. The lowest BCUT2D eigenvalue weighted by Crippen LogP contribution is -2.46. The van der Waals surface area contributed by atoms with Gasteiger partial charge in [0, 0.05) is 56.6 Å². The molecule has 0 atom stereocenters. The van der Waals surface area contributed by atoms with Crippen LogP contribution in [0.5, 0.6) is 0 Å². The number of hydrogen-bond acceptors (Lipinski definition) is 4. The van der Waals surface area contributed by atoms with Crippen molar-refractivity contribution in [3.05, 3.63) is 24.3 Å². The van der Waals surface area contributed by atoms with Crippen LogP contribution < -0.4 is 20.9 Å². The van der Waals surface area contributed by atoms with Gasteiger partial charge in [0.25, 0.3) is 0 Å². The van der Waals surface area contributed by atoms with Crippen LogP contribution in [0.15, 0.2) is 24.3 Å². The van der Waals surface area contributed by atoms with Gasteiger partial charge in [-0.15, -0.1) is 0 Å². The third kappa shape index (κ3) is 6.92. The number of rotatable bonds is 7.